The summed E-state index contributed by atoms with van der Waals surface area (Å²) in [7, 11) is 0. The van der Waals surface area contributed by atoms with E-state index in [1.165, 1.54) is 0 Å². The number of hydrogen-bond acceptors (Lipinski definition) is 5. The lowest BCUT2D eigenvalue weighted by Crippen LogP contribution is -2.01. The zero-order chi connectivity index (χ0) is 19.1. The first-order chi connectivity index (χ1) is 13.2. The fourth-order valence-electron chi connectivity index (χ4n) is 2.52. The van der Waals surface area contributed by atoms with Gasteiger partial charge in [0.05, 0.1) is 12.8 Å². The van der Waals surface area contributed by atoms with Crippen LogP contribution in [0, 0.1) is 4.77 Å². The van der Waals surface area contributed by atoms with Crippen molar-refractivity contribution in [1.29, 1.82) is 0 Å². The standard InChI is InChI=1S/C20H22N4O2S/c1-3-19-22-23-20(27)24(19)21-13-16-10-11-17(18(12-16)25-4-2)26-14-15-8-6-5-7-9-15/h5-13H,3-4,14H2,1-2H3,(H,23,27)/b21-13-. The van der Waals surface area contributed by atoms with Crippen LogP contribution in [0.2, 0.25) is 0 Å². The van der Waals surface area contributed by atoms with Crippen molar-refractivity contribution in [1.82, 2.24) is 14.9 Å². The molecule has 0 bridgehead atoms. The number of aromatic nitrogens is 3. The summed E-state index contributed by atoms with van der Waals surface area (Å²) in [6, 6.07) is 15.8. The second-order valence-corrected chi connectivity index (χ2v) is 6.16. The molecule has 0 aliphatic carbocycles. The van der Waals surface area contributed by atoms with Crippen molar-refractivity contribution in [3.63, 3.8) is 0 Å². The third-order valence-corrected chi connectivity index (χ3v) is 4.12. The van der Waals surface area contributed by atoms with Gasteiger partial charge in [-0.3, -0.25) is 5.10 Å². The number of aromatic amines is 1. The Hall–Kier alpha value is -2.93. The van der Waals surface area contributed by atoms with E-state index in [2.05, 4.69) is 15.3 Å². The highest BCUT2D eigenvalue weighted by Gasteiger charge is 2.07. The van der Waals surface area contributed by atoms with E-state index in [1.54, 1.807) is 10.9 Å². The van der Waals surface area contributed by atoms with E-state index >= 15 is 0 Å². The zero-order valence-electron chi connectivity index (χ0n) is 15.4. The predicted octanol–water partition coefficient (Wildman–Crippen LogP) is 4.36. The molecular weight excluding hydrogens is 360 g/mol. The molecule has 2 aromatic carbocycles. The third kappa shape index (κ3) is 4.83. The number of rotatable bonds is 8. The minimum Gasteiger partial charge on any atom is -0.490 e. The fourth-order valence-corrected chi connectivity index (χ4v) is 2.72. The van der Waals surface area contributed by atoms with Gasteiger partial charge in [-0.25, -0.2) is 0 Å². The number of nitrogens with one attached hydrogen (secondary N) is 1. The highest BCUT2D eigenvalue weighted by Crippen LogP contribution is 2.29. The Morgan fingerprint density at radius 1 is 1.11 bits per heavy atom. The van der Waals surface area contributed by atoms with Gasteiger partial charge in [0.25, 0.3) is 0 Å². The first kappa shape index (κ1) is 18.8. The van der Waals surface area contributed by atoms with Crippen molar-refractivity contribution in [2.24, 2.45) is 5.10 Å². The first-order valence-corrected chi connectivity index (χ1v) is 9.26. The molecule has 0 spiro atoms. The largest absolute Gasteiger partial charge is 0.490 e. The molecule has 1 aromatic heterocycles. The maximum absolute atomic E-state index is 5.93. The summed E-state index contributed by atoms with van der Waals surface area (Å²) in [5, 5.41) is 11.3. The lowest BCUT2D eigenvalue weighted by Gasteiger charge is -2.12. The van der Waals surface area contributed by atoms with Crippen molar-refractivity contribution in [2.75, 3.05) is 6.61 Å². The van der Waals surface area contributed by atoms with E-state index in [4.69, 9.17) is 21.7 Å². The van der Waals surface area contributed by atoms with Gasteiger partial charge in [0.1, 0.15) is 6.61 Å². The average molecular weight is 382 g/mol. The van der Waals surface area contributed by atoms with Crippen LogP contribution in [0.15, 0.2) is 53.6 Å². The second kappa shape index (κ2) is 9.14. The van der Waals surface area contributed by atoms with Crippen LogP contribution >= 0.6 is 12.2 Å². The summed E-state index contributed by atoms with van der Waals surface area (Å²) in [6.07, 6.45) is 2.47. The molecule has 27 heavy (non-hydrogen) atoms. The van der Waals surface area contributed by atoms with Gasteiger partial charge >= 0.3 is 0 Å². The quantitative estimate of drug-likeness (QED) is 0.464. The topological polar surface area (TPSA) is 64.4 Å². The predicted molar refractivity (Wildman–Crippen MR) is 108 cm³/mol. The van der Waals surface area contributed by atoms with Crippen molar-refractivity contribution >= 4 is 18.4 Å². The van der Waals surface area contributed by atoms with Crippen LogP contribution < -0.4 is 9.47 Å². The lowest BCUT2D eigenvalue weighted by molar-refractivity contribution is 0.269. The Kier molecular flexibility index (Phi) is 6.38. The molecule has 3 rings (SSSR count). The summed E-state index contributed by atoms with van der Waals surface area (Å²) in [6.45, 7) is 4.98. The van der Waals surface area contributed by atoms with E-state index < -0.39 is 0 Å². The molecule has 140 valence electrons. The normalized spacial score (nSPS) is 11.0. The zero-order valence-corrected chi connectivity index (χ0v) is 16.2. The van der Waals surface area contributed by atoms with Gasteiger partial charge in [-0.05, 0) is 48.5 Å². The molecule has 0 atom stereocenters. The Bertz CT molecular complexity index is 964. The van der Waals surface area contributed by atoms with Crippen molar-refractivity contribution in [2.45, 2.75) is 26.9 Å². The fraction of sp³-hybridized carbons (Fsp3) is 0.250. The van der Waals surface area contributed by atoms with Gasteiger partial charge in [0.2, 0.25) is 4.77 Å². The molecule has 0 unspecified atom stereocenters. The van der Waals surface area contributed by atoms with Gasteiger partial charge < -0.3 is 9.47 Å². The van der Waals surface area contributed by atoms with E-state index in [-0.39, 0.29) is 0 Å². The molecule has 6 nitrogen and oxygen atoms in total. The van der Waals surface area contributed by atoms with E-state index in [1.807, 2.05) is 62.4 Å². The van der Waals surface area contributed by atoms with E-state index in [9.17, 15) is 0 Å². The summed E-state index contributed by atoms with van der Waals surface area (Å²) < 4.78 is 13.8. The summed E-state index contributed by atoms with van der Waals surface area (Å²) >= 11 is 5.21. The van der Waals surface area contributed by atoms with Gasteiger partial charge in [-0.15, -0.1) is 0 Å². The lowest BCUT2D eigenvalue weighted by atomic mass is 10.2. The van der Waals surface area contributed by atoms with Crippen LogP contribution in [0.3, 0.4) is 0 Å². The van der Waals surface area contributed by atoms with Crippen LogP contribution in [0.5, 0.6) is 11.5 Å². The Balaban J connectivity index is 1.79. The monoisotopic (exact) mass is 382 g/mol. The highest BCUT2D eigenvalue weighted by molar-refractivity contribution is 7.71. The third-order valence-electron chi connectivity index (χ3n) is 3.86. The number of nitrogens with zero attached hydrogens (tertiary/aromatic N) is 3. The summed E-state index contributed by atoms with van der Waals surface area (Å²) in [5.74, 6) is 2.17. The minimum atomic E-state index is 0.468. The van der Waals surface area contributed by atoms with Crippen LogP contribution in [0.1, 0.15) is 30.8 Å². The summed E-state index contributed by atoms with van der Waals surface area (Å²) in [4.78, 5) is 0. The molecular formula is C20H22N4O2S. The van der Waals surface area contributed by atoms with E-state index in [0.29, 0.717) is 29.5 Å². The van der Waals surface area contributed by atoms with E-state index in [0.717, 1.165) is 23.4 Å². The molecule has 0 fully saturated rings. The molecule has 0 amide bonds. The molecule has 1 heterocycles. The molecule has 3 aromatic rings. The average Bonchev–Trinajstić information content (AvgIpc) is 3.06. The second-order valence-electron chi connectivity index (χ2n) is 5.77. The number of H-pyrrole nitrogens is 1. The van der Waals surface area contributed by atoms with Crippen molar-refractivity contribution in [3.05, 3.63) is 70.3 Å². The molecule has 0 saturated heterocycles. The molecule has 1 N–H and O–H groups in total. The highest BCUT2D eigenvalue weighted by atomic mass is 32.1. The SMILES string of the molecule is CCOc1cc(/C=N\n2c(CC)n[nH]c2=S)ccc1OCc1ccccc1. The minimum absolute atomic E-state index is 0.468. The van der Waals surface area contributed by atoms with Crippen molar-refractivity contribution < 1.29 is 9.47 Å². The van der Waals surface area contributed by atoms with Crippen LogP contribution in [-0.2, 0) is 13.0 Å². The molecule has 0 saturated carbocycles. The van der Waals surface area contributed by atoms with Crippen LogP contribution in [-0.4, -0.2) is 27.7 Å². The molecule has 7 heteroatoms. The van der Waals surface area contributed by atoms with Crippen molar-refractivity contribution in [3.8, 4) is 11.5 Å². The van der Waals surface area contributed by atoms with Gasteiger partial charge in [0.15, 0.2) is 17.3 Å². The maximum atomic E-state index is 5.93. The molecule has 0 aliphatic rings. The molecule has 0 radical (unpaired) electrons. The maximum Gasteiger partial charge on any atom is 0.216 e. The van der Waals surface area contributed by atoms with Crippen LogP contribution in [0.25, 0.3) is 0 Å². The van der Waals surface area contributed by atoms with Crippen LogP contribution in [0.4, 0.5) is 0 Å². The Labute approximate surface area is 163 Å². The number of hydrogen-bond donors (Lipinski definition) is 1. The number of ether oxygens (including phenoxy) is 2. The van der Waals surface area contributed by atoms with Gasteiger partial charge in [0, 0.05) is 6.42 Å². The summed E-state index contributed by atoms with van der Waals surface area (Å²) in [5.41, 5.74) is 1.99. The smallest absolute Gasteiger partial charge is 0.216 e. The Morgan fingerprint density at radius 3 is 2.67 bits per heavy atom. The number of benzene rings is 2. The molecule has 0 aliphatic heterocycles. The number of aryl methyl sites for hydroxylation is 1. The Morgan fingerprint density at radius 2 is 1.93 bits per heavy atom. The first-order valence-electron chi connectivity index (χ1n) is 8.85. The van der Waals surface area contributed by atoms with Gasteiger partial charge in [-0.2, -0.15) is 14.9 Å². The van der Waals surface area contributed by atoms with Gasteiger partial charge in [-0.1, -0.05) is 37.3 Å².